The van der Waals surface area contributed by atoms with Crippen molar-refractivity contribution in [3.05, 3.63) is 29.8 Å². The number of hydrogen-bond donors (Lipinski definition) is 0. The highest BCUT2D eigenvalue weighted by atomic mass is 16.2. The minimum absolute atomic E-state index is 0.0673. The smallest absolute Gasteiger partial charge is 0.228 e. The van der Waals surface area contributed by atoms with E-state index in [1.54, 1.807) is 0 Å². The van der Waals surface area contributed by atoms with E-state index in [0.29, 0.717) is 19.5 Å². The molecule has 0 bridgehead atoms. The van der Waals surface area contributed by atoms with Crippen LogP contribution in [0.2, 0.25) is 0 Å². The Hall–Kier alpha value is -2.04. The van der Waals surface area contributed by atoms with E-state index < -0.39 is 0 Å². The van der Waals surface area contributed by atoms with Gasteiger partial charge in [-0.1, -0.05) is 25.1 Å². The van der Waals surface area contributed by atoms with Gasteiger partial charge in [-0.25, -0.2) is 0 Å². The van der Waals surface area contributed by atoms with E-state index in [1.807, 2.05) is 28.9 Å². The molecule has 1 fully saturated rings. The van der Waals surface area contributed by atoms with Crippen molar-refractivity contribution in [1.29, 1.82) is 0 Å². The Morgan fingerprint density at radius 1 is 1.20 bits per heavy atom. The fourth-order valence-corrected chi connectivity index (χ4v) is 4.11. The molecule has 1 aromatic rings. The molecule has 2 aliphatic rings. The Kier molecular flexibility index (Phi) is 5.30. The number of hydrogen-bond acceptors (Lipinski definition) is 3. The van der Waals surface area contributed by atoms with Crippen LogP contribution in [0.5, 0.6) is 0 Å². The molecule has 2 amide bonds. The van der Waals surface area contributed by atoms with Crippen molar-refractivity contribution in [3.8, 4) is 0 Å². The molecule has 2 aliphatic heterocycles. The summed E-state index contributed by atoms with van der Waals surface area (Å²) in [7, 11) is 2.09. The largest absolute Gasteiger partial charge is 0.372 e. The zero-order valence-electron chi connectivity index (χ0n) is 15.6. The van der Waals surface area contributed by atoms with E-state index in [0.717, 1.165) is 25.9 Å². The van der Waals surface area contributed by atoms with Crippen LogP contribution >= 0.6 is 0 Å². The van der Waals surface area contributed by atoms with Gasteiger partial charge < -0.3 is 14.7 Å². The molecule has 5 heteroatoms. The Labute approximate surface area is 150 Å². The van der Waals surface area contributed by atoms with Gasteiger partial charge in [-0.15, -0.1) is 0 Å². The fourth-order valence-electron chi connectivity index (χ4n) is 4.11. The number of benzene rings is 1. The SMILES string of the molecule is CCC(=O)N1CCC[C@@H](C(=O)N2Cc3ccccc3N(C)C[C@@H]2C)C1. The summed E-state index contributed by atoms with van der Waals surface area (Å²) in [6.07, 6.45) is 2.31. The number of para-hydroxylation sites is 1. The molecule has 0 unspecified atom stereocenters. The van der Waals surface area contributed by atoms with Crippen molar-refractivity contribution in [2.75, 3.05) is 31.6 Å². The fraction of sp³-hybridized carbons (Fsp3) is 0.600. The lowest BCUT2D eigenvalue weighted by Crippen LogP contribution is -2.49. The molecule has 3 rings (SSSR count). The number of anilines is 1. The van der Waals surface area contributed by atoms with Gasteiger partial charge in [-0.3, -0.25) is 9.59 Å². The number of likely N-dealkylation sites (N-methyl/N-ethyl adjacent to an activating group) is 1. The summed E-state index contributed by atoms with van der Waals surface area (Å²) >= 11 is 0. The molecular formula is C20H29N3O2. The van der Waals surface area contributed by atoms with Gasteiger partial charge in [0.25, 0.3) is 0 Å². The van der Waals surface area contributed by atoms with E-state index in [9.17, 15) is 9.59 Å². The van der Waals surface area contributed by atoms with Crippen LogP contribution in [0.1, 0.15) is 38.7 Å². The van der Waals surface area contributed by atoms with Crippen LogP contribution < -0.4 is 4.90 Å². The predicted octanol–water partition coefficient (Wildman–Crippen LogP) is 2.50. The molecule has 136 valence electrons. The highest BCUT2D eigenvalue weighted by Crippen LogP contribution is 2.28. The molecule has 2 atom stereocenters. The molecular weight excluding hydrogens is 314 g/mol. The molecule has 0 N–H and O–H groups in total. The van der Waals surface area contributed by atoms with Crippen LogP contribution in [0.3, 0.4) is 0 Å². The predicted molar refractivity (Wildman–Crippen MR) is 99.3 cm³/mol. The van der Waals surface area contributed by atoms with E-state index in [1.165, 1.54) is 11.3 Å². The summed E-state index contributed by atoms with van der Waals surface area (Å²) in [5.74, 6) is 0.292. The first kappa shape index (κ1) is 17.8. The highest BCUT2D eigenvalue weighted by Gasteiger charge is 2.34. The van der Waals surface area contributed by atoms with Gasteiger partial charge in [0, 0.05) is 51.4 Å². The number of likely N-dealkylation sites (tertiary alicyclic amines) is 1. The number of carbonyl (C=O) groups excluding carboxylic acids is 2. The Bertz CT molecular complexity index is 646. The Morgan fingerprint density at radius 3 is 2.72 bits per heavy atom. The Morgan fingerprint density at radius 2 is 1.96 bits per heavy atom. The molecule has 0 aromatic heterocycles. The summed E-state index contributed by atoms with van der Waals surface area (Å²) in [5, 5.41) is 0. The van der Waals surface area contributed by atoms with Crippen molar-refractivity contribution in [3.63, 3.8) is 0 Å². The molecule has 25 heavy (non-hydrogen) atoms. The van der Waals surface area contributed by atoms with Crippen LogP contribution in [0.15, 0.2) is 24.3 Å². The monoisotopic (exact) mass is 343 g/mol. The van der Waals surface area contributed by atoms with Gasteiger partial charge >= 0.3 is 0 Å². The standard InChI is InChI=1S/C20H29N3O2/c1-4-19(24)22-11-7-9-17(13-22)20(25)23-14-16-8-5-6-10-18(16)21(3)12-15(23)2/h5-6,8,10,15,17H,4,7,9,11-14H2,1-3H3/t15-,17+/m0/s1. The Balaban J connectivity index is 1.78. The zero-order valence-corrected chi connectivity index (χ0v) is 15.6. The van der Waals surface area contributed by atoms with Gasteiger partial charge in [0.15, 0.2) is 0 Å². The second-order valence-corrected chi connectivity index (χ2v) is 7.36. The number of amides is 2. The van der Waals surface area contributed by atoms with Crippen molar-refractivity contribution in [1.82, 2.24) is 9.80 Å². The third-order valence-corrected chi connectivity index (χ3v) is 5.52. The first-order valence-corrected chi connectivity index (χ1v) is 9.38. The van der Waals surface area contributed by atoms with Gasteiger partial charge in [0.05, 0.1) is 5.92 Å². The number of rotatable bonds is 2. The zero-order chi connectivity index (χ0) is 18.0. The first-order chi connectivity index (χ1) is 12.0. The second kappa shape index (κ2) is 7.46. The number of nitrogens with zero attached hydrogens (tertiary/aromatic N) is 3. The van der Waals surface area contributed by atoms with E-state index in [2.05, 4.69) is 31.0 Å². The second-order valence-electron chi connectivity index (χ2n) is 7.36. The molecule has 2 heterocycles. The van der Waals surface area contributed by atoms with Crippen molar-refractivity contribution in [2.24, 2.45) is 5.92 Å². The quantitative estimate of drug-likeness (QED) is 0.829. The van der Waals surface area contributed by atoms with Crippen molar-refractivity contribution < 1.29 is 9.59 Å². The normalized spacial score (nSPS) is 23.9. The molecule has 0 aliphatic carbocycles. The maximum absolute atomic E-state index is 13.3. The van der Waals surface area contributed by atoms with E-state index in [-0.39, 0.29) is 23.8 Å². The molecule has 1 saturated heterocycles. The number of piperidine rings is 1. The first-order valence-electron chi connectivity index (χ1n) is 9.38. The van der Waals surface area contributed by atoms with Gasteiger partial charge in [0.2, 0.25) is 11.8 Å². The molecule has 1 aromatic carbocycles. The van der Waals surface area contributed by atoms with Gasteiger partial charge in [-0.05, 0) is 31.4 Å². The average Bonchev–Trinajstić information content (AvgIpc) is 2.77. The van der Waals surface area contributed by atoms with Gasteiger partial charge in [0.1, 0.15) is 0 Å². The van der Waals surface area contributed by atoms with Crippen LogP contribution in [0.25, 0.3) is 0 Å². The van der Waals surface area contributed by atoms with Crippen LogP contribution in [0, 0.1) is 5.92 Å². The molecule has 0 saturated carbocycles. The summed E-state index contributed by atoms with van der Waals surface area (Å²) in [4.78, 5) is 31.4. The van der Waals surface area contributed by atoms with E-state index >= 15 is 0 Å². The molecule has 0 spiro atoms. The van der Waals surface area contributed by atoms with Crippen LogP contribution in [-0.2, 0) is 16.1 Å². The van der Waals surface area contributed by atoms with Gasteiger partial charge in [-0.2, -0.15) is 0 Å². The maximum Gasteiger partial charge on any atom is 0.228 e. The minimum Gasteiger partial charge on any atom is -0.372 e. The highest BCUT2D eigenvalue weighted by molar-refractivity contribution is 5.82. The van der Waals surface area contributed by atoms with E-state index in [4.69, 9.17) is 0 Å². The van der Waals surface area contributed by atoms with Crippen molar-refractivity contribution in [2.45, 2.75) is 45.7 Å². The average molecular weight is 343 g/mol. The van der Waals surface area contributed by atoms with Crippen LogP contribution in [-0.4, -0.2) is 54.3 Å². The number of fused-ring (bicyclic) bond motifs is 1. The maximum atomic E-state index is 13.3. The third kappa shape index (κ3) is 3.65. The topological polar surface area (TPSA) is 43.9 Å². The summed E-state index contributed by atoms with van der Waals surface area (Å²) in [6.45, 7) is 6.85. The lowest BCUT2D eigenvalue weighted by atomic mass is 9.95. The lowest BCUT2D eigenvalue weighted by Gasteiger charge is -2.36. The summed E-state index contributed by atoms with van der Waals surface area (Å²) in [5.41, 5.74) is 2.40. The lowest BCUT2D eigenvalue weighted by molar-refractivity contribution is -0.142. The molecule has 0 radical (unpaired) electrons. The van der Waals surface area contributed by atoms with Crippen molar-refractivity contribution >= 4 is 17.5 Å². The minimum atomic E-state index is -0.0673. The molecule has 5 nitrogen and oxygen atoms in total. The number of carbonyl (C=O) groups is 2. The summed E-state index contributed by atoms with van der Waals surface area (Å²) in [6, 6.07) is 8.47. The summed E-state index contributed by atoms with van der Waals surface area (Å²) < 4.78 is 0. The third-order valence-electron chi connectivity index (χ3n) is 5.52. The van der Waals surface area contributed by atoms with Crippen LogP contribution in [0.4, 0.5) is 5.69 Å².